The van der Waals surface area contributed by atoms with E-state index in [0.717, 1.165) is 19.3 Å². The molecule has 5 aliphatic carbocycles. The van der Waals surface area contributed by atoms with Gasteiger partial charge in [-0.15, -0.1) is 0 Å². The van der Waals surface area contributed by atoms with Gasteiger partial charge in [0.1, 0.15) is 0 Å². The molecule has 0 saturated heterocycles. The Hall–Kier alpha value is -0.930. The highest BCUT2D eigenvalue weighted by Crippen LogP contribution is 2.60. The summed E-state index contributed by atoms with van der Waals surface area (Å²) in [7, 11) is 1.42. The molecule has 5 fully saturated rings. The summed E-state index contributed by atoms with van der Waals surface area (Å²) in [5.41, 5.74) is 0.00718. The van der Waals surface area contributed by atoms with Crippen LogP contribution >= 0.6 is 0 Å². The van der Waals surface area contributed by atoms with E-state index >= 15 is 0 Å². The monoisotopic (exact) mass is 412 g/mol. The van der Waals surface area contributed by atoms with E-state index in [1.807, 2.05) is 0 Å². The second-order valence-electron chi connectivity index (χ2n) is 11.4. The number of carbonyl (C=O) groups is 2. The van der Waals surface area contributed by atoms with E-state index in [9.17, 15) is 9.59 Å². The normalized spacial score (nSPS) is 33.2. The molecule has 0 heterocycles. The van der Waals surface area contributed by atoms with Gasteiger partial charge in [0.05, 0.1) is 0 Å². The van der Waals surface area contributed by atoms with Gasteiger partial charge in [0.15, 0.2) is 11.6 Å². The third-order valence-electron chi connectivity index (χ3n) is 8.49. The van der Waals surface area contributed by atoms with Crippen molar-refractivity contribution in [1.29, 1.82) is 0 Å². The fourth-order valence-electron chi connectivity index (χ4n) is 6.94. The zero-order valence-electron chi connectivity index (χ0n) is 19.1. The SMILES string of the molecule is O=C(BC1CCCCCCCC1)NC12CC(NC(=O)BC3CCCCCCC3)(C1)C2. The summed E-state index contributed by atoms with van der Waals surface area (Å²) in [6.45, 7) is 0. The summed E-state index contributed by atoms with van der Waals surface area (Å²) >= 11 is 0. The van der Waals surface area contributed by atoms with Gasteiger partial charge in [0.25, 0.3) is 0 Å². The summed E-state index contributed by atoms with van der Waals surface area (Å²) in [6.07, 6.45) is 22.4. The molecule has 0 unspecified atom stereocenters. The highest BCUT2D eigenvalue weighted by molar-refractivity contribution is 6.75. The third kappa shape index (κ3) is 5.85. The maximum absolute atomic E-state index is 12.7. The van der Waals surface area contributed by atoms with Gasteiger partial charge in [-0.05, 0) is 19.3 Å². The fourth-order valence-corrected chi connectivity index (χ4v) is 6.94. The average molecular weight is 412 g/mol. The summed E-state index contributed by atoms with van der Waals surface area (Å²) in [5.74, 6) is 1.67. The zero-order valence-corrected chi connectivity index (χ0v) is 19.1. The van der Waals surface area contributed by atoms with Gasteiger partial charge in [-0.2, -0.15) is 0 Å². The number of hydrogen-bond acceptors (Lipinski definition) is 2. The van der Waals surface area contributed by atoms with Crippen molar-refractivity contribution < 1.29 is 9.59 Å². The van der Waals surface area contributed by atoms with Crippen LogP contribution in [0.4, 0.5) is 9.59 Å². The van der Waals surface area contributed by atoms with Crippen LogP contribution in [0.25, 0.3) is 0 Å². The average Bonchev–Trinajstić information content (AvgIpc) is 2.75. The maximum atomic E-state index is 12.7. The molecule has 30 heavy (non-hydrogen) atoms. The van der Waals surface area contributed by atoms with E-state index in [0.29, 0.717) is 26.2 Å². The van der Waals surface area contributed by atoms with E-state index < -0.39 is 0 Å². The predicted octanol–water partition coefficient (Wildman–Crippen LogP) is 5.41. The minimum atomic E-state index is 0.00308. The lowest BCUT2D eigenvalue weighted by Gasteiger charge is -2.70. The largest absolute Gasteiger partial charge is 0.359 e. The minimum Gasteiger partial charge on any atom is -0.359 e. The first-order valence-electron chi connectivity index (χ1n) is 13.2. The molecule has 0 radical (unpaired) electrons. The first-order valence-corrected chi connectivity index (χ1v) is 13.2. The second-order valence-corrected chi connectivity index (χ2v) is 11.4. The molecule has 0 aromatic rings. The molecule has 5 aliphatic rings. The standard InChI is InChI=1S/C24H42B2N2O2/c29-21(25-19-12-8-4-1-2-5-9-13-19)27-23-16-24(17-23,18-23)28-22(30)26-20-14-10-6-3-7-11-15-20/h19-20,25-26H,1-18H2,(H,27,29)(H,28,30). The van der Waals surface area contributed by atoms with Crippen molar-refractivity contribution in [3.8, 4) is 0 Å². The number of carbonyl (C=O) groups excluding carboxylic acids is 2. The van der Waals surface area contributed by atoms with Crippen molar-refractivity contribution in [3.05, 3.63) is 0 Å². The molecule has 2 amide bonds. The van der Waals surface area contributed by atoms with Gasteiger partial charge in [-0.25, -0.2) is 0 Å². The summed E-state index contributed by atoms with van der Waals surface area (Å²) in [6, 6.07) is 0. The first-order chi connectivity index (χ1) is 14.6. The van der Waals surface area contributed by atoms with E-state index in [4.69, 9.17) is 0 Å². The topological polar surface area (TPSA) is 58.2 Å². The lowest BCUT2D eigenvalue weighted by atomic mass is 9.43. The van der Waals surface area contributed by atoms with Gasteiger partial charge >= 0.3 is 0 Å². The van der Waals surface area contributed by atoms with Gasteiger partial charge in [0, 0.05) is 11.1 Å². The molecule has 0 atom stereocenters. The molecule has 166 valence electrons. The fraction of sp³-hybridized carbons (Fsp3) is 0.917. The lowest BCUT2D eigenvalue weighted by molar-refractivity contribution is -0.0842. The molecular weight excluding hydrogens is 370 g/mol. The van der Waals surface area contributed by atoms with Crippen LogP contribution < -0.4 is 10.6 Å². The molecular formula is C24H42B2N2O2. The Morgan fingerprint density at radius 2 is 0.833 bits per heavy atom. The minimum absolute atomic E-state index is 0.00308. The summed E-state index contributed by atoms with van der Waals surface area (Å²) in [4.78, 5) is 25.3. The highest BCUT2D eigenvalue weighted by Gasteiger charge is 2.69. The molecule has 6 heteroatoms. The molecule has 2 bridgehead atoms. The van der Waals surface area contributed by atoms with Crippen molar-refractivity contribution in [2.24, 2.45) is 0 Å². The van der Waals surface area contributed by atoms with Crippen LogP contribution in [0.5, 0.6) is 0 Å². The van der Waals surface area contributed by atoms with Crippen LogP contribution in [0, 0.1) is 0 Å². The Labute approximate surface area is 185 Å². The van der Waals surface area contributed by atoms with E-state index in [1.54, 1.807) is 0 Å². The summed E-state index contributed by atoms with van der Waals surface area (Å²) < 4.78 is 0. The predicted molar refractivity (Wildman–Crippen MR) is 127 cm³/mol. The zero-order chi connectivity index (χ0) is 20.9. The van der Waals surface area contributed by atoms with Gasteiger partial charge in [-0.3, -0.25) is 9.59 Å². The quantitative estimate of drug-likeness (QED) is 0.574. The molecule has 0 aromatic heterocycles. The number of nitrogens with one attached hydrogen (secondary N) is 2. The Kier molecular flexibility index (Phi) is 7.52. The Bertz CT molecular complexity index is 574. The lowest BCUT2D eigenvalue weighted by Crippen LogP contribution is -2.84. The smallest absolute Gasteiger partial charge is 0.237 e. The van der Waals surface area contributed by atoms with E-state index in [2.05, 4.69) is 10.6 Å². The third-order valence-corrected chi connectivity index (χ3v) is 8.49. The van der Waals surface area contributed by atoms with Gasteiger partial charge in [-0.1, -0.05) is 108 Å². The van der Waals surface area contributed by atoms with Crippen LogP contribution in [-0.2, 0) is 0 Å². The molecule has 0 aliphatic heterocycles. The van der Waals surface area contributed by atoms with Crippen LogP contribution in [0.1, 0.15) is 116 Å². The Morgan fingerprint density at radius 3 is 1.17 bits per heavy atom. The highest BCUT2D eigenvalue weighted by atomic mass is 16.1. The van der Waals surface area contributed by atoms with Crippen molar-refractivity contribution in [3.63, 3.8) is 0 Å². The van der Waals surface area contributed by atoms with Crippen molar-refractivity contribution in [2.45, 2.75) is 138 Å². The Morgan fingerprint density at radius 1 is 0.533 bits per heavy atom. The molecule has 0 aromatic carbocycles. The molecule has 2 N–H and O–H groups in total. The molecule has 5 rings (SSSR count). The van der Waals surface area contributed by atoms with Crippen LogP contribution in [0.15, 0.2) is 0 Å². The van der Waals surface area contributed by atoms with Crippen LogP contribution in [0.3, 0.4) is 0 Å². The molecule has 5 saturated carbocycles. The van der Waals surface area contributed by atoms with Crippen LogP contribution in [0.2, 0.25) is 11.6 Å². The number of rotatable bonds is 6. The van der Waals surface area contributed by atoms with Crippen LogP contribution in [-0.4, -0.2) is 37.2 Å². The van der Waals surface area contributed by atoms with E-state index in [-0.39, 0.29) is 22.7 Å². The maximum Gasteiger partial charge on any atom is 0.237 e. The molecule has 4 nitrogen and oxygen atoms in total. The van der Waals surface area contributed by atoms with Gasteiger partial charge in [0.2, 0.25) is 14.6 Å². The number of amides is 2. The second kappa shape index (κ2) is 10.1. The van der Waals surface area contributed by atoms with Gasteiger partial charge < -0.3 is 10.6 Å². The Balaban J connectivity index is 1.15. The molecule has 0 spiro atoms. The van der Waals surface area contributed by atoms with Crippen molar-refractivity contribution in [1.82, 2.24) is 10.6 Å². The number of hydrogen-bond donors (Lipinski definition) is 2. The first kappa shape index (κ1) is 22.3. The summed E-state index contributed by atoms with van der Waals surface area (Å²) in [5, 5.41) is 6.72. The van der Waals surface area contributed by atoms with Crippen molar-refractivity contribution >= 4 is 26.2 Å². The van der Waals surface area contributed by atoms with E-state index in [1.165, 1.54) is 96.3 Å². The van der Waals surface area contributed by atoms with Crippen molar-refractivity contribution in [2.75, 3.05) is 0 Å².